The second-order valence-electron chi connectivity index (χ2n) is 4.63. The standard InChI is InChI=1S/C12H15FN2O4/c13-9-1-2-11(10(7-9)15(17)18)19-8-12(16)3-5-14-6-4-12/h1-2,7,14,16H,3-6,8H2. The molecule has 2 N–H and O–H groups in total. The van der Waals surface area contributed by atoms with Crippen LogP contribution in [0.2, 0.25) is 0 Å². The highest BCUT2D eigenvalue weighted by atomic mass is 19.1. The Kier molecular flexibility index (Phi) is 3.96. The van der Waals surface area contributed by atoms with Crippen molar-refractivity contribution in [2.45, 2.75) is 18.4 Å². The first-order valence-corrected chi connectivity index (χ1v) is 6.00. The van der Waals surface area contributed by atoms with Crippen LogP contribution in [-0.2, 0) is 0 Å². The molecule has 0 aromatic heterocycles. The van der Waals surface area contributed by atoms with E-state index < -0.39 is 22.0 Å². The molecule has 2 rings (SSSR count). The lowest BCUT2D eigenvalue weighted by atomic mass is 9.93. The lowest BCUT2D eigenvalue weighted by Gasteiger charge is -2.32. The lowest BCUT2D eigenvalue weighted by molar-refractivity contribution is -0.386. The predicted octanol–water partition coefficient (Wildman–Crippen LogP) is 1.23. The molecule has 1 aromatic rings. The van der Waals surface area contributed by atoms with E-state index in [4.69, 9.17) is 4.74 Å². The van der Waals surface area contributed by atoms with Gasteiger partial charge in [0.15, 0.2) is 5.75 Å². The highest BCUT2D eigenvalue weighted by molar-refractivity contribution is 5.46. The normalized spacial score (nSPS) is 18.0. The second kappa shape index (κ2) is 5.50. The van der Waals surface area contributed by atoms with Crippen LogP contribution in [0.4, 0.5) is 10.1 Å². The second-order valence-corrected chi connectivity index (χ2v) is 4.63. The quantitative estimate of drug-likeness (QED) is 0.635. The number of halogens is 1. The maximum atomic E-state index is 13.0. The molecule has 0 spiro atoms. The Morgan fingerprint density at radius 3 is 2.79 bits per heavy atom. The largest absolute Gasteiger partial charge is 0.484 e. The van der Waals surface area contributed by atoms with Gasteiger partial charge in [-0.15, -0.1) is 0 Å². The summed E-state index contributed by atoms with van der Waals surface area (Å²) in [5.74, 6) is -0.724. The third kappa shape index (κ3) is 3.39. The van der Waals surface area contributed by atoms with Crippen LogP contribution in [0.25, 0.3) is 0 Å². The lowest BCUT2D eigenvalue weighted by Crippen LogP contribution is -2.46. The molecule has 0 bridgehead atoms. The number of nitro benzene ring substituents is 1. The number of hydrogen-bond donors (Lipinski definition) is 2. The van der Waals surface area contributed by atoms with Gasteiger partial charge in [0.1, 0.15) is 18.0 Å². The molecular formula is C12H15FN2O4. The van der Waals surface area contributed by atoms with E-state index in [0.717, 1.165) is 12.1 Å². The smallest absolute Gasteiger partial charge is 0.313 e. The molecule has 19 heavy (non-hydrogen) atoms. The van der Waals surface area contributed by atoms with E-state index in [1.807, 2.05) is 0 Å². The number of rotatable bonds is 4. The summed E-state index contributed by atoms with van der Waals surface area (Å²) >= 11 is 0. The summed E-state index contributed by atoms with van der Waals surface area (Å²) in [5, 5.41) is 24.1. The number of ether oxygens (including phenoxy) is 1. The highest BCUT2D eigenvalue weighted by Gasteiger charge is 2.31. The van der Waals surface area contributed by atoms with E-state index in [-0.39, 0.29) is 12.4 Å². The van der Waals surface area contributed by atoms with Crippen molar-refractivity contribution < 1.29 is 19.2 Å². The fourth-order valence-corrected chi connectivity index (χ4v) is 2.00. The van der Waals surface area contributed by atoms with Crippen molar-refractivity contribution in [1.29, 1.82) is 0 Å². The average Bonchev–Trinajstić information content (AvgIpc) is 2.38. The summed E-state index contributed by atoms with van der Waals surface area (Å²) in [6.45, 7) is 1.30. The van der Waals surface area contributed by atoms with Crippen LogP contribution < -0.4 is 10.1 Å². The van der Waals surface area contributed by atoms with Gasteiger partial charge in [-0.2, -0.15) is 0 Å². The van der Waals surface area contributed by atoms with Gasteiger partial charge in [0.25, 0.3) is 0 Å². The molecule has 0 amide bonds. The van der Waals surface area contributed by atoms with E-state index >= 15 is 0 Å². The molecule has 0 unspecified atom stereocenters. The summed E-state index contributed by atoms with van der Waals surface area (Å²) in [4.78, 5) is 10.1. The Balaban J connectivity index is 2.08. The zero-order chi connectivity index (χ0) is 13.9. The number of nitrogens with one attached hydrogen (secondary N) is 1. The van der Waals surface area contributed by atoms with Gasteiger partial charge in [-0.25, -0.2) is 4.39 Å². The molecule has 1 fully saturated rings. The minimum atomic E-state index is -0.993. The molecule has 0 aliphatic carbocycles. The summed E-state index contributed by atoms with van der Waals surface area (Å²) < 4.78 is 18.3. The van der Waals surface area contributed by atoms with Gasteiger partial charge in [-0.05, 0) is 38.1 Å². The molecule has 1 aliphatic heterocycles. The number of hydrogen-bond acceptors (Lipinski definition) is 5. The molecule has 1 aliphatic rings. The molecule has 1 heterocycles. The van der Waals surface area contributed by atoms with Crippen molar-refractivity contribution in [3.63, 3.8) is 0 Å². The molecular weight excluding hydrogens is 255 g/mol. The Hall–Kier alpha value is -1.73. The molecule has 1 aromatic carbocycles. The molecule has 104 valence electrons. The third-order valence-electron chi connectivity index (χ3n) is 3.15. The number of aliphatic hydroxyl groups is 1. The van der Waals surface area contributed by atoms with Crippen LogP contribution in [0, 0.1) is 15.9 Å². The zero-order valence-corrected chi connectivity index (χ0v) is 10.3. The van der Waals surface area contributed by atoms with Gasteiger partial charge in [-0.1, -0.05) is 0 Å². The molecule has 7 heteroatoms. The Morgan fingerprint density at radius 2 is 2.16 bits per heavy atom. The fourth-order valence-electron chi connectivity index (χ4n) is 2.00. The van der Waals surface area contributed by atoms with Gasteiger partial charge >= 0.3 is 5.69 Å². The maximum Gasteiger partial charge on any atom is 0.313 e. The topological polar surface area (TPSA) is 84.6 Å². The Bertz CT molecular complexity index is 475. The first kappa shape index (κ1) is 13.7. The van der Waals surface area contributed by atoms with Crippen molar-refractivity contribution in [3.8, 4) is 5.75 Å². The van der Waals surface area contributed by atoms with Gasteiger partial charge in [-0.3, -0.25) is 10.1 Å². The summed E-state index contributed by atoms with van der Waals surface area (Å²) in [7, 11) is 0. The maximum absolute atomic E-state index is 13.0. The summed E-state index contributed by atoms with van der Waals surface area (Å²) in [6.07, 6.45) is 1.03. The van der Waals surface area contributed by atoms with Crippen molar-refractivity contribution in [1.82, 2.24) is 5.32 Å². The van der Waals surface area contributed by atoms with E-state index in [1.54, 1.807) is 0 Å². The third-order valence-corrected chi connectivity index (χ3v) is 3.15. The van der Waals surface area contributed by atoms with Gasteiger partial charge in [0.2, 0.25) is 0 Å². The number of nitrogens with zero attached hydrogens (tertiary/aromatic N) is 1. The Morgan fingerprint density at radius 1 is 1.47 bits per heavy atom. The summed E-state index contributed by atoms with van der Waals surface area (Å²) in [5.41, 5.74) is -1.43. The fraction of sp³-hybridized carbons (Fsp3) is 0.500. The van der Waals surface area contributed by atoms with Crippen LogP contribution in [0.15, 0.2) is 18.2 Å². The van der Waals surface area contributed by atoms with E-state index in [1.165, 1.54) is 6.07 Å². The van der Waals surface area contributed by atoms with Crippen LogP contribution in [-0.4, -0.2) is 35.3 Å². The van der Waals surface area contributed by atoms with Gasteiger partial charge in [0.05, 0.1) is 11.0 Å². The summed E-state index contributed by atoms with van der Waals surface area (Å²) in [6, 6.07) is 3.11. The minimum absolute atomic E-state index is 0.0293. The molecule has 0 saturated carbocycles. The van der Waals surface area contributed by atoms with Crippen molar-refractivity contribution >= 4 is 5.69 Å². The monoisotopic (exact) mass is 270 g/mol. The van der Waals surface area contributed by atoms with Crippen LogP contribution in [0.3, 0.4) is 0 Å². The predicted molar refractivity (Wildman–Crippen MR) is 65.6 cm³/mol. The van der Waals surface area contributed by atoms with Crippen LogP contribution >= 0.6 is 0 Å². The van der Waals surface area contributed by atoms with E-state index in [9.17, 15) is 19.6 Å². The van der Waals surface area contributed by atoms with Crippen LogP contribution in [0.5, 0.6) is 5.75 Å². The molecule has 0 atom stereocenters. The van der Waals surface area contributed by atoms with Gasteiger partial charge in [0, 0.05) is 0 Å². The minimum Gasteiger partial charge on any atom is -0.484 e. The number of piperidine rings is 1. The number of benzene rings is 1. The average molecular weight is 270 g/mol. The first-order valence-electron chi connectivity index (χ1n) is 6.00. The van der Waals surface area contributed by atoms with E-state index in [2.05, 4.69) is 5.32 Å². The van der Waals surface area contributed by atoms with Crippen molar-refractivity contribution in [2.24, 2.45) is 0 Å². The van der Waals surface area contributed by atoms with Crippen molar-refractivity contribution in [2.75, 3.05) is 19.7 Å². The first-order chi connectivity index (χ1) is 9.00. The zero-order valence-electron chi connectivity index (χ0n) is 10.3. The van der Waals surface area contributed by atoms with Crippen LogP contribution in [0.1, 0.15) is 12.8 Å². The molecule has 0 radical (unpaired) electrons. The Labute approximate surface area is 109 Å². The highest BCUT2D eigenvalue weighted by Crippen LogP contribution is 2.29. The number of nitro groups is 1. The SMILES string of the molecule is O=[N+]([O-])c1cc(F)ccc1OCC1(O)CCNCC1. The van der Waals surface area contributed by atoms with Crippen molar-refractivity contribution in [3.05, 3.63) is 34.1 Å². The van der Waals surface area contributed by atoms with E-state index in [0.29, 0.717) is 25.9 Å². The molecule has 6 nitrogen and oxygen atoms in total. The van der Waals surface area contributed by atoms with Gasteiger partial charge < -0.3 is 15.2 Å². The molecule has 1 saturated heterocycles.